The van der Waals surface area contributed by atoms with Crippen LogP contribution in [0.2, 0.25) is 0 Å². The molecule has 0 heterocycles. The van der Waals surface area contributed by atoms with Crippen LogP contribution in [0.4, 0.5) is 0 Å². The van der Waals surface area contributed by atoms with Crippen LogP contribution in [0.1, 0.15) is 12.5 Å². The quantitative estimate of drug-likeness (QED) is 0.528. The zero-order valence-electron chi connectivity index (χ0n) is 8.88. The van der Waals surface area contributed by atoms with Gasteiger partial charge < -0.3 is 5.21 Å². The third-order valence-corrected chi connectivity index (χ3v) is 4.31. The zero-order chi connectivity index (χ0) is 12.3. The lowest BCUT2D eigenvalue weighted by molar-refractivity contribution is 0.318. The maximum atomic E-state index is 11.4. The fraction of sp³-hybridized carbons (Fsp3) is 0.300. The number of rotatable bonds is 3. The van der Waals surface area contributed by atoms with Gasteiger partial charge >= 0.3 is 0 Å². The molecule has 0 aliphatic carbocycles. The molecule has 0 bridgehead atoms. The van der Waals surface area contributed by atoms with E-state index in [0.29, 0.717) is 5.56 Å². The van der Waals surface area contributed by atoms with Crippen LogP contribution in [0.5, 0.6) is 0 Å². The van der Waals surface area contributed by atoms with Crippen molar-refractivity contribution >= 4 is 31.5 Å². The van der Waals surface area contributed by atoms with E-state index in [1.54, 1.807) is 24.3 Å². The first kappa shape index (κ1) is 13.2. The molecule has 6 heteroatoms. The van der Waals surface area contributed by atoms with Crippen LogP contribution >= 0.6 is 15.9 Å². The second-order valence-corrected chi connectivity index (χ2v) is 6.75. The highest BCUT2D eigenvalue weighted by atomic mass is 79.9. The molecular weight excluding hydrogens is 294 g/mol. The number of hydrogen-bond acceptors (Lipinski definition) is 4. The lowest BCUT2D eigenvalue weighted by atomic mass is 10.1. The molecule has 0 aliphatic heterocycles. The van der Waals surface area contributed by atoms with Gasteiger partial charge in [-0.05, 0) is 19.1 Å². The van der Waals surface area contributed by atoms with Crippen LogP contribution in [0.25, 0.3) is 0 Å². The first-order valence-corrected chi connectivity index (χ1v) is 7.27. The van der Waals surface area contributed by atoms with Gasteiger partial charge in [-0.3, -0.25) is 0 Å². The molecule has 0 radical (unpaired) electrons. The number of benzene rings is 1. The standard InChI is InChI=1S/C10H12BrNO3S/c1-7(16(2,14)15)10(12-13)8-3-5-9(11)6-4-8/h3-7,13H,1-2H3/b12-10-. The summed E-state index contributed by atoms with van der Waals surface area (Å²) in [5.74, 6) is 0. The number of nitrogens with zero attached hydrogens (tertiary/aromatic N) is 1. The van der Waals surface area contributed by atoms with E-state index in [1.165, 1.54) is 6.92 Å². The van der Waals surface area contributed by atoms with E-state index in [9.17, 15) is 8.42 Å². The van der Waals surface area contributed by atoms with Crippen molar-refractivity contribution in [3.63, 3.8) is 0 Å². The Morgan fingerprint density at radius 2 is 1.88 bits per heavy atom. The third kappa shape index (κ3) is 3.05. The van der Waals surface area contributed by atoms with Gasteiger partial charge in [-0.25, -0.2) is 8.42 Å². The molecule has 1 aromatic rings. The molecule has 0 aliphatic rings. The second-order valence-electron chi connectivity index (χ2n) is 3.46. The Bertz CT molecular complexity index is 493. The van der Waals surface area contributed by atoms with E-state index in [0.717, 1.165) is 10.7 Å². The average Bonchev–Trinajstić information content (AvgIpc) is 2.20. The molecule has 1 N–H and O–H groups in total. The molecule has 1 rings (SSSR count). The van der Waals surface area contributed by atoms with Crippen LogP contribution in [-0.2, 0) is 9.84 Å². The molecule has 4 nitrogen and oxygen atoms in total. The molecule has 1 atom stereocenters. The summed E-state index contributed by atoms with van der Waals surface area (Å²) in [6.45, 7) is 1.49. The average molecular weight is 306 g/mol. The highest BCUT2D eigenvalue weighted by Gasteiger charge is 2.23. The monoisotopic (exact) mass is 305 g/mol. The van der Waals surface area contributed by atoms with Crippen molar-refractivity contribution in [1.29, 1.82) is 0 Å². The van der Waals surface area contributed by atoms with Gasteiger partial charge in [0.05, 0.1) is 0 Å². The van der Waals surface area contributed by atoms with Crippen molar-refractivity contribution in [1.82, 2.24) is 0 Å². The minimum atomic E-state index is -3.27. The van der Waals surface area contributed by atoms with Gasteiger partial charge in [0, 0.05) is 16.3 Å². The maximum Gasteiger partial charge on any atom is 0.155 e. The van der Waals surface area contributed by atoms with E-state index in [-0.39, 0.29) is 5.71 Å². The molecule has 0 saturated heterocycles. The Labute approximate surface area is 103 Å². The lowest BCUT2D eigenvalue weighted by Crippen LogP contribution is -2.27. The Morgan fingerprint density at radius 1 is 1.38 bits per heavy atom. The van der Waals surface area contributed by atoms with Gasteiger partial charge in [-0.2, -0.15) is 0 Å². The Kier molecular flexibility index (Phi) is 4.09. The summed E-state index contributed by atoms with van der Waals surface area (Å²) in [5, 5.41) is 11.1. The predicted molar refractivity (Wildman–Crippen MR) is 66.8 cm³/mol. The van der Waals surface area contributed by atoms with E-state index in [1.807, 2.05) is 0 Å². The van der Waals surface area contributed by atoms with E-state index >= 15 is 0 Å². The van der Waals surface area contributed by atoms with Crippen LogP contribution in [0.3, 0.4) is 0 Å². The molecule has 1 aromatic carbocycles. The maximum absolute atomic E-state index is 11.4. The summed E-state index contributed by atoms with van der Waals surface area (Å²) in [5.41, 5.74) is 0.735. The van der Waals surface area contributed by atoms with Gasteiger partial charge in [0.25, 0.3) is 0 Å². The van der Waals surface area contributed by atoms with Gasteiger partial charge in [-0.15, -0.1) is 0 Å². The fourth-order valence-corrected chi connectivity index (χ4v) is 2.05. The molecule has 16 heavy (non-hydrogen) atoms. The van der Waals surface area contributed by atoms with Crippen LogP contribution < -0.4 is 0 Å². The highest BCUT2D eigenvalue weighted by molar-refractivity contribution is 9.10. The largest absolute Gasteiger partial charge is 0.411 e. The SMILES string of the molecule is CC(/C(=N/O)c1ccc(Br)cc1)S(C)(=O)=O. The summed E-state index contributed by atoms with van der Waals surface area (Å²) in [6, 6.07) is 6.91. The fourth-order valence-electron chi connectivity index (χ4n) is 1.20. The summed E-state index contributed by atoms with van der Waals surface area (Å²) in [6.07, 6.45) is 1.11. The molecule has 0 amide bonds. The molecule has 1 unspecified atom stereocenters. The van der Waals surface area contributed by atoms with Crippen molar-refractivity contribution in [3.05, 3.63) is 34.3 Å². The van der Waals surface area contributed by atoms with Crippen molar-refractivity contribution < 1.29 is 13.6 Å². The predicted octanol–water partition coefficient (Wildman–Crippen LogP) is 2.06. The van der Waals surface area contributed by atoms with Gasteiger partial charge in [0.15, 0.2) is 9.84 Å². The van der Waals surface area contributed by atoms with E-state index in [2.05, 4.69) is 21.1 Å². The van der Waals surface area contributed by atoms with Crippen molar-refractivity contribution in [2.45, 2.75) is 12.2 Å². The number of oxime groups is 1. The highest BCUT2D eigenvalue weighted by Crippen LogP contribution is 2.15. The Hall–Kier alpha value is -0.880. The minimum absolute atomic E-state index is 0.148. The molecule has 0 aromatic heterocycles. The first-order chi connectivity index (χ1) is 7.36. The summed E-state index contributed by atoms with van der Waals surface area (Å²) < 4.78 is 23.6. The van der Waals surface area contributed by atoms with Gasteiger partial charge in [0.1, 0.15) is 11.0 Å². The number of sulfone groups is 1. The lowest BCUT2D eigenvalue weighted by Gasteiger charge is -2.11. The van der Waals surface area contributed by atoms with E-state index < -0.39 is 15.1 Å². The first-order valence-electron chi connectivity index (χ1n) is 4.53. The summed E-state index contributed by atoms with van der Waals surface area (Å²) in [4.78, 5) is 0. The molecular formula is C10H12BrNO3S. The van der Waals surface area contributed by atoms with Crippen molar-refractivity contribution in [2.24, 2.45) is 5.16 Å². The Balaban J connectivity index is 3.15. The molecule has 0 fully saturated rings. The van der Waals surface area contributed by atoms with Crippen LogP contribution in [0, 0.1) is 0 Å². The third-order valence-electron chi connectivity index (χ3n) is 2.28. The summed E-state index contributed by atoms with van der Waals surface area (Å²) >= 11 is 3.27. The summed E-state index contributed by atoms with van der Waals surface area (Å²) in [7, 11) is -3.27. The number of hydrogen-bond donors (Lipinski definition) is 1. The normalized spacial score (nSPS) is 14.8. The smallest absolute Gasteiger partial charge is 0.155 e. The molecule has 0 spiro atoms. The molecule has 0 saturated carbocycles. The van der Waals surface area contributed by atoms with Gasteiger partial charge in [0.2, 0.25) is 0 Å². The molecule has 88 valence electrons. The minimum Gasteiger partial charge on any atom is -0.411 e. The zero-order valence-corrected chi connectivity index (χ0v) is 11.3. The van der Waals surface area contributed by atoms with Crippen LogP contribution in [0.15, 0.2) is 33.9 Å². The van der Waals surface area contributed by atoms with Crippen LogP contribution in [-0.4, -0.2) is 30.8 Å². The van der Waals surface area contributed by atoms with Crippen molar-refractivity contribution in [3.8, 4) is 0 Å². The van der Waals surface area contributed by atoms with Crippen molar-refractivity contribution in [2.75, 3.05) is 6.26 Å². The topological polar surface area (TPSA) is 66.7 Å². The van der Waals surface area contributed by atoms with E-state index in [4.69, 9.17) is 5.21 Å². The second kappa shape index (κ2) is 4.97. The van der Waals surface area contributed by atoms with Gasteiger partial charge in [-0.1, -0.05) is 33.2 Å². The number of halogens is 1. The Morgan fingerprint density at radius 3 is 2.25 bits per heavy atom.